The van der Waals surface area contributed by atoms with Gasteiger partial charge in [0.2, 0.25) is 0 Å². The molecule has 2 nitrogen and oxygen atoms in total. The second-order valence-corrected chi connectivity index (χ2v) is 4.11. The van der Waals surface area contributed by atoms with E-state index in [1.165, 1.54) is 32.1 Å². The second-order valence-electron chi connectivity index (χ2n) is 4.11. The molecule has 0 aromatic heterocycles. The van der Waals surface area contributed by atoms with Crippen LogP contribution in [0.25, 0.3) is 0 Å². The highest BCUT2D eigenvalue weighted by molar-refractivity contribution is 5.18. The summed E-state index contributed by atoms with van der Waals surface area (Å²) in [5.74, 6) is 0.322. The van der Waals surface area contributed by atoms with Gasteiger partial charge in [-0.05, 0) is 25.0 Å². The second kappa shape index (κ2) is 8.17. The first-order valence-corrected chi connectivity index (χ1v) is 6.18. The molecule has 0 radical (unpaired) electrons. The number of rotatable bonds is 4. The predicted molar refractivity (Wildman–Crippen MR) is 66.6 cm³/mol. The Bertz CT molecular complexity index is 255. The number of aromatic hydroxyl groups is 1. The minimum Gasteiger partial charge on any atom is -0.508 e. The van der Waals surface area contributed by atoms with E-state index in [0.29, 0.717) is 11.9 Å². The quantitative estimate of drug-likeness (QED) is 0.786. The molecule has 2 heteroatoms. The van der Waals surface area contributed by atoms with E-state index < -0.39 is 0 Å². The van der Waals surface area contributed by atoms with Gasteiger partial charge in [0.25, 0.3) is 0 Å². The number of para-hydroxylation sites is 1. The molecule has 0 spiro atoms. The predicted octanol–water partition coefficient (Wildman–Crippen LogP) is 3.75. The molecule has 1 N–H and O–H groups in total. The van der Waals surface area contributed by atoms with E-state index in [4.69, 9.17) is 9.84 Å². The normalized spacial score (nSPS) is 18.2. The molecule has 0 bridgehead atoms. The molecule has 2 rings (SSSR count). The molecular formula is C14H22O2. The van der Waals surface area contributed by atoms with Crippen LogP contribution in [0.2, 0.25) is 0 Å². The molecule has 0 aliphatic carbocycles. The molecule has 1 unspecified atom stereocenters. The molecule has 1 atom stereocenters. The molecule has 1 fully saturated rings. The van der Waals surface area contributed by atoms with Crippen LogP contribution in [0.5, 0.6) is 5.75 Å². The van der Waals surface area contributed by atoms with Crippen LogP contribution in [-0.4, -0.2) is 17.8 Å². The Morgan fingerprint density at radius 1 is 1.25 bits per heavy atom. The van der Waals surface area contributed by atoms with Gasteiger partial charge in [-0.1, -0.05) is 44.4 Å². The lowest BCUT2D eigenvalue weighted by Gasteiger charge is -2.26. The van der Waals surface area contributed by atoms with Crippen molar-refractivity contribution >= 4 is 0 Å². The molecule has 1 heterocycles. The van der Waals surface area contributed by atoms with Crippen LogP contribution >= 0.6 is 0 Å². The molecule has 16 heavy (non-hydrogen) atoms. The van der Waals surface area contributed by atoms with Gasteiger partial charge in [0, 0.05) is 6.61 Å². The number of unbranched alkanes of at least 4 members (excludes halogenated alkanes) is 2. The van der Waals surface area contributed by atoms with Crippen LogP contribution in [0, 0.1) is 0 Å². The van der Waals surface area contributed by atoms with Gasteiger partial charge < -0.3 is 9.84 Å². The van der Waals surface area contributed by atoms with Gasteiger partial charge >= 0.3 is 0 Å². The summed E-state index contributed by atoms with van der Waals surface area (Å²) in [6.07, 6.45) is 7.31. The van der Waals surface area contributed by atoms with E-state index in [-0.39, 0.29) is 0 Å². The largest absolute Gasteiger partial charge is 0.508 e. The highest BCUT2D eigenvalue weighted by Gasteiger charge is 2.16. The van der Waals surface area contributed by atoms with Crippen molar-refractivity contribution in [3.8, 4) is 5.75 Å². The van der Waals surface area contributed by atoms with E-state index in [0.717, 1.165) is 6.61 Å². The first-order valence-electron chi connectivity index (χ1n) is 6.18. The summed E-state index contributed by atoms with van der Waals surface area (Å²) in [5, 5.41) is 8.63. The Morgan fingerprint density at radius 3 is 2.31 bits per heavy atom. The number of hydrogen-bond acceptors (Lipinski definition) is 2. The minimum atomic E-state index is 0.322. The topological polar surface area (TPSA) is 29.5 Å². The zero-order valence-electron chi connectivity index (χ0n) is 10.1. The van der Waals surface area contributed by atoms with Crippen molar-refractivity contribution in [1.82, 2.24) is 0 Å². The highest BCUT2D eigenvalue weighted by atomic mass is 16.5. The van der Waals surface area contributed by atoms with Gasteiger partial charge in [0.1, 0.15) is 5.75 Å². The van der Waals surface area contributed by atoms with Gasteiger partial charge in [-0.25, -0.2) is 0 Å². The van der Waals surface area contributed by atoms with Crippen LogP contribution < -0.4 is 0 Å². The highest BCUT2D eigenvalue weighted by Crippen LogP contribution is 2.17. The van der Waals surface area contributed by atoms with Crippen molar-refractivity contribution in [2.24, 2.45) is 0 Å². The number of ether oxygens (including phenoxy) is 1. The van der Waals surface area contributed by atoms with Crippen molar-refractivity contribution in [3.05, 3.63) is 30.3 Å². The average molecular weight is 222 g/mol. The van der Waals surface area contributed by atoms with Crippen LogP contribution in [0.15, 0.2) is 30.3 Å². The lowest BCUT2D eigenvalue weighted by Crippen LogP contribution is -2.26. The third-order valence-corrected chi connectivity index (χ3v) is 2.68. The Kier molecular flexibility index (Phi) is 6.66. The van der Waals surface area contributed by atoms with Crippen molar-refractivity contribution in [2.75, 3.05) is 6.61 Å². The molecular weight excluding hydrogens is 200 g/mol. The SMILES string of the molecule is CCCCCC1CCO1.Oc1ccccc1. The fourth-order valence-corrected chi connectivity index (χ4v) is 1.56. The van der Waals surface area contributed by atoms with Crippen LogP contribution in [0.4, 0.5) is 0 Å². The zero-order chi connectivity index (χ0) is 11.6. The van der Waals surface area contributed by atoms with Crippen molar-refractivity contribution < 1.29 is 9.84 Å². The maximum absolute atomic E-state index is 8.63. The van der Waals surface area contributed by atoms with E-state index in [9.17, 15) is 0 Å². The van der Waals surface area contributed by atoms with Gasteiger partial charge in [-0.2, -0.15) is 0 Å². The smallest absolute Gasteiger partial charge is 0.115 e. The summed E-state index contributed by atoms with van der Waals surface area (Å²) in [4.78, 5) is 0. The third-order valence-electron chi connectivity index (χ3n) is 2.68. The summed E-state index contributed by atoms with van der Waals surface area (Å²) in [6, 6.07) is 8.71. The Labute approximate surface area is 98.3 Å². The van der Waals surface area contributed by atoms with E-state index in [1.807, 2.05) is 6.07 Å². The summed E-state index contributed by atoms with van der Waals surface area (Å²) in [6.45, 7) is 3.25. The molecule has 1 aliphatic heterocycles. The molecule has 1 aromatic rings. The summed E-state index contributed by atoms with van der Waals surface area (Å²) in [5.41, 5.74) is 0. The van der Waals surface area contributed by atoms with Gasteiger partial charge in [-0.15, -0.1) is 0 Å². The van der Waals surface area contributed by atoms with Crippen molar-refractivity contribution in [2.45, 2.75) is 45.1 Å². The maximum Gasteiger partial charge on any atom is 0.115 e. The zero-order valence-corrected chi connectivity index (χ0v) is 10.1. The number of hydrogen-bond donors (Lipinski definition) is 1. The molecule has 0 saturated carbocycles. The Morgan fingerprint density at radius 2 is 1.94 bits per heavy atom. The lowest BCUT2D eigenvalue weighted by molar-refractivity contribution is -0.0555. The van der Waals surface area contributed by atoms with E-state index >= 15 is 0 Å². The third kappa shape index (κ3) is 5.76. The first-order chi connectivity index (χ1) is 7.83. The first kappa shape index (κ1) is 13.0. The number of benzene rings is 1. The summed E-state index contributed by atoms with van der Waals surface area (Å²) in [7, 11) is 0. The standard InChI is InChI=1S/C8H16O.C6H6O/c1-2-3-4-5-8-6-7-9-8;7-6-4-2-1-3-5-6/h8H,2-7H2,1H3;1-5,7H. The fraction of sp³-hybridized carbons (Fsp3) is 0.571. The van der Waals surface area contributed by atoms with Crippen molar-refractivity contribution in [1.29, 1.82) is 0 Å². The number of phenolic OH excluding ortho intramolecular Hbond substituents is 1. The van der Waals surface area contributed by atoms with E-state index in [1.54, 1.807) is 24.3 Å². The Balaban J connectivity index is 0.000000165. The molecule has 0 amide bonds. The Hall–Kier alpha value is -1.02. The van der Waals surface area contributed by atoms with E-state index in [2.05, 4.69) is 6.92 Å². The monoisotopic (exact) mass is 222 g/mol. The maximum atomic E-state index is 8.63. The van der Waals surface area contributed by atoms with Gasteiger partial charge in [0.15, 0.2) is 0 Å². The molecule has 1 saturated heterocycles. The summed E-state index contributed by atoms with van der Waals surface area (Å²) < 4.78 is 5.28. The molecule has 1 aromatic carbocycles. The minimum absolute atomic E-state index is 0.322. The lowest BCUT2D eigenvalue weighted by atomic mass is 10.1. The van der Waals surface area contributed by atoms with Crippen LogP contribution in [-0.2, 0) is 4.74 Å². The average Bonchev–Trinajstić information content (AvgIpc) is 2.24. The summed E-state index contributed by atoms with van der Waals surface area (Å²) >= 11 is 0. The van der Waals surface area contributed by atoms with Crippen LogP contribution in [0.1, 0.15) is 39.0 Å². The van der Waals surface area contributed by atoms with Gasteiger partial charge in [0.05, 0.1) is 6.10 Å². The fourth-order valence-electron chi connectivity index (χ4n) is 1.56. The molecule has 90 valence electrons. The van der Waals surface area contributed by atoms with Crippen molar-refractivity contribution in [3.63, 3.8) is 0 Å². The van der Waals surface area contributed by atoms with Crippen LogP contribution in [0.3, 0.4) is 0 Å². The molecule has 1 aliphatic rings. The van der Waals surface area contributed by atoms with Gasteiger partial charge in [-0.3, -0.25) is 0 Å². The number of phenols is 1.